The summed E-state index contributed by atoms with van der Waals surface area (Å²) >= 11 is 0. The summed E-state index contributed by atoms with van der Waals surface area (Å²) < 4.78 is 17.2. The van der Waals surface area contributed by atoms with Crippen LogP contribution in [-0.4, -0.2) is 31.1 Å². The summed E-state index contributed by atoms with van der Waals surface area (Å²) in [5, 5.41) is 0. The lowest BCUT2D eigenvalue weighted by atomic mass is 9.89. The third-order valence-corrected chi connectivity index (χ3v) is 5.35. The van der Waals surface area contributed by atoms with Gasteiger partial charge in [-0.1, -0.05) is 19.8 Å². The van der Waals surface area contributed by atoms with Crippen LogP contribution in [0.1, 0.15) is 45.7 Å². The number of carbonyl (C=O) groups excluding carboxylic acids is 2. The molecule has 1 aliphatic carbocycles. The van der Waals surface area contributed by atoms with Crippen molar-refractivity contribution in [2.45, 2.75) is 46.8 Å². The molecule has 0 saturated carbocycles. The van der Waals surface area contributed by atoms with Gasteiger partial charge in [0.15, 0.2) is 5.78 Å². The molecule has 28 heavy (non-hydrogen) atoms. The van der Waals surface area contributed by atoms with E-state index in [4.69, 9.17) is 14.2 Å². The van der Waals surface area contributed by atoms with E-state index in [0.29, 0.717) is 22.6 Å². The first-order valence-corrected chi connectivity index (χ1v) is 9.56. The molecule has 148 valence electrons. The number of fused-ring (bicyclic) bond motifs is 1. The standard InChI is InChI=1S/C23H26O5/c1-7-8-15-9-10-16(17(11-15)26-6)20-21(24)18-13(4)27-14(5)19(18)22(20)28-23(25)12(2)3/h9-14,18-19H,1-6H3/t13-,14+,18-,19+/m1/s1. The van der Waals surface area contributed by atoms with E-state index in [-0.39, 0.29) is 41.7 Å². The summed E-state index contributed by atoms with van der Waals surface area (Å²) in [5.41, 5.74) is 1.83. The van der Waals surface area contributed by atoms with Gasteiger partial charge in [0, 0.05) is 11.1 Å². The Morgan fingerprint density at radius 1 is 1.18 bits per heavy atom. The Labute approximate surface area is 166 Å². The summed E-state index contributed by atoms with van der Waals surface area (Å²) in [5.74, 6) is 5.40. The zero-order chi connectivity index (χ0) is 20.6. The number of esters is 1. The number of methoxy groups -OCH3 is 1. The minimum Gasteiger partial charge on any atom is -0.496 e. The highest BCUT2D eigenvalue weighted by Crippen LogP contribution is 2.50. The summed E-state index contributed by atoms with van der Waals surface area (Å²) in [6.07, 6.45) is -0.457. The van der Waals surface area contributed by atoms with Gasteiger partial charge in [0.1, 0.15) is 11.5 Å². The maximum absolute atomic E-state index is 13.4. The van der Waals surface area contributed by atoms with Gasteiger partial charge in [0.05, 0.1) is 42.6 Å². The smallest absolute Gasteiger partial charge is 0.313 e. The maximum atomic E-state index is 13.4. The molecule has 5 heteroatoms. The van der Waals surface area contributed by atoms with Gasteiger partial charge in [0.25, 0.3) is 0 Å². The van der Waals surface area contributed by atoms with E-state index in [9.17, 15) is 9.59 Å². The van der Waals surface area contributed by atoms with Crippen molar-refractivity contribution < 1.29 is 23.8 Å². The van der Waals surface area contributed by atoms with Crippen molar-refractivity contribution in [3.05, 3.63) is 35.1 Å². The Kier molecular flexibility index (Phi) is 5.62. The van der Waals surface area contributed by atoms with Crippen molar-refractivity contribution in [2.75, 3.05) is 7.11 Å². The first kappa shape index (κ1) is 20.2. The van der Waals surface area contributed by atoms with Gasteiger partial charge >= 0.3 is 5.97 Å². The molecule has 0 spiro atoms. The Balaban J connectivity index is 2.18. The van der Waals surface area contributed by atoms with E-state index in [1.165, 1.54) is 0 Å². The van der Waals surface area contributed by atoms with Crippen LogP contribution < -0.4 is 4.74 Å². The lowest BCUT2D eigenvalue weighted by Crippen LogP contribution is -2.24. The molecule has 1 heterocycles. The fourth-order valence-electron chi connectivity index (χ4n) is 4.03. The second kappa shape index (κ2) is 7.81. The first-order valence-electron chi connectivity index (χ1n) is 9.56. The Morgan fingerprint density at radius 3 is 2.46 bits per heavy atom. The molecule has 0 unspecified atom stereocenters. The van der Waals surface area contributed by atoms with Crippen LogP contribution in [0.4, 0.5) is 0 Å². The van der Waals surface area contributed by atoms with E-state index < -0.39 is 0 Å². The quantitative estimate of drug-likeness (QED) is 0.588. The highest BCUT2D eigenvalue weighted by Gasteiger charge is 2.55. The Morgan fingerprint density at radius 2 is 1.86 bits per heavy atom. The van der Waals surface area contributed by atoms with E-state index in [1.807, 2.05) is 26.0 Å². The number of hydrogen-bond donors (Lipinski definition) is 0. The Hall–Kier alpha value is -2.58. The summed E-state index contributed by atoms with van der Waals surface area (Å²) in [7, 11) is 1.55. The fraction of sp³-hybridized carbons (Fsp3) is 0.478. The molecule has 4 atom stereocenters. The van der Waals surface area contributed by atoms with Crippen molar-refractivity contribution in [2.24, 2.45) is 17.8 Å². The van der Waals surface area contributed by atoms with Gasteiger partial charge in [-0.05, 0) is 39.0 Å². The SMILES string of the molecule is CC#Cc1ccc(C2=C(OC(=O)C(C)C)[C@@H]3[C@H](C2=O)[C@@H](C)O[C@H]3C)c(OC)c1. The maximum Gasteiger partial charge on any atom is 0.313 e. The average Bonchev–Trinajstić information content (AvgIpc) is 3.10. The van der Waals surface area contributed by atoms with Crippen LogP contribution in [0.2, 0.25) is 0 Å². The number of benzene rings is 1. The lowest BCUT2D eigenvalue weighted by molar-refractivity contribution is -0.144. The van der Waals surface area contributed by atoms with Gasteiger partial charge in [0.2, 0.25) is 0 Å². The minimum atomic E-state index is -0.361. The molecule has 0 radical (unpaired) electrons. The molecule has 0 bridgehead atoms. The van der Waals surface area contributed by atoms with Crippen LogP contribution >= 0.6 is 0 Å². The minimum absolute atomic E-state index is 0.0685. The van der Waals surface area contributed by atoms with Crippen LogP contribution in [0, 0.1) is 29.6 Å². The number of carbonyl (C=O) groups is 2. The highest BCUT2D eigenvalue weighted by atomic mass is 16.5. The monoisotopic (exact) mass is 382 g/mol. The second-order valence-corrected chi connectivity index (χ2v) is 7.57. The van der Waals surface area contributed by atoms with Gasteiger partial charge in [-0.3, -0.25) is 9.59 Å². The number of hydrogen-bond acceptors (Lipinski definition) is 5. The highest BCUT2D eigenvalue weighted by molar-refractivity contribution is 6.26. The third-order valence-electron chi connectivity index (χ3n) is 5.35. The van der Waals surface area contributed by atoms with Crippen LogP contribution in [0.5, 0.6) is 5.75 Å². The fourth-order valence-corrected chi connectivity index (χ4v) is 4.03. The van der Waals surface area contributed by atoms with E-state index in [0.717, 1.165) is 5.56 Å². The molecule has 0 aromatic heterocycles. The number of rotatable bonds is 4. The lowest BCUT2D eigenvalue weighted by Gasteiger charge is -2.18. The van der Waals surface area contributed by atoms with Crippen LogP contribution in [0.25, 0.3) is 5.57 Å². The zero-order valence-electron chi connectivity index (χ0n) is 17.2. The van der Waals surface area contributed by atoms with Crippen LogP contribution in [-0.2, 0) is 19.1 Å². The van der Waals surface area contributed by atoms with Gasteiger partial charge in [-0.2, -0.15) is 0 Å². The molecule has 0 N–H and O–H groups in total. The predicted molar refractivity (Wildman–Crippen MR) is 105 cm³/mol. The van der Waals surface area contributed by atoms with Gasteiger partial charge in [-0.15, -0.1) is 5.92 Å². The number of Topliss-reactive ketones (excluding diaryl/α,β-unsaturated/α-hetero) is 1. The largest absolute Gasteiger partial charge is 0.496 e. The molecule has 1 aliphatic heterocycles. The van der Waals surface area contributed by atoms with Crippen molar-refractivity contribution in [1.82, 2.24) is 0 Å². The number of ketones is 1. The third kappa shape index (κ3) is 3.33. The zero-order valence-corrected chi connectivity index (χ0v) is 17.2. The molecular weight excluding hydrogens is 356 g/mol. The van der Waals surface area contributed by atoms with Crippen LogP contribution in [0.3, 0.4) is 0 Å². The average molecular weight is 382 g/mol. The van der Waals surface area contributed by atoms with E-state index >= 15 is 0 Å². The second-order valence-electron chi connectivity index (χ2n) is 7.57. The molecule has 1 saturated heterocycles. The first-order chi connectivity index (χ1) is 13.3. The van der Waals surface area contributed by atoms with Crippen molar-refractivity contribution >= 4 is 17.3 Å². The van der Waals surface area contributed by atoms with Crippen LogP contribution in [0.15, 0.2) is 24.0 Å². The predicted octanol–water partition coefficient (Wildman–Crippen LogP) is 3.60. The molecule has 2 aliphatic rings. The molecule has 1 aromatic rings. The summed E-state index contributed by atoms with van der Waals surface area (Å²) in [6.45, 7) is 9.11. The summed E-state index contributed by atoms with van der Waals surface area (Å²) in [6, 6.07) is 5.45. The van der Waals surface area contributed by atoms with Crippen molar-refractivity contribution in [3.8, 4) is 17.6 Å². The van der Waals surface area contributed by atoms with E-state index in [1.54, 1.807) is 33.9 Å². The van der Waals surface area contributed by atoms with Gasteiger partial charge in [-0.25, -0.2) is 0 Å². The van der Waals surface area contributed by atoms with E-state index in [2.05, 4.69) is 11.8 Å². The molecule has 0 amide bonds. The molecule has 5 nitrogen and oxygen atoms in total. The molecule has 3 rings (SSSR count). The topological polar surface area (TPSA) is 61.8 Å². The number of ether oxygens (including phenoxy) is 3. The molecule has 1 fully saturated rings. The Bertz CT molecular complexity index is 899. The van der Waals surface area contributed by atoms with Crippen molar-refractivity contribution in [1.29, 1.82) is 0 Å². The van der Waals surface area contributed by atoms with Gasteiger partial charge < -0.3 is 14.2 Å². The molecule has 1 aromatic carbocycles. The summed E-state index contributed by atoms with van der Waals surface area (Å²) in [4.78, 5) is 25.8. The van der Waals surface area contributed by atoms with Crippen molar-refractivity contribution in [3.63, 3.8) is 0 Å². The molecular formula is C23H26O5. The number of allylic oxidation sites excluding steroid dienone is 1. The normalized spacial score (nSPS) is 26.2.